The van der Waals surface area contributed by atoms with Crippen molar-refractivity contribution in [2.45, 2.75) is 19.9 Å². The Hall–Kier alpha value is -0.800. The van der Waals surface area contributed by atoms with Crippen molar-refractivity contribution in [3.05, 3.63) is 29.0 Å². The molecular formula is C11H16ClFN2. The molecule has 4 heteroatoms. The van der Waals surface area contributed by atoms with Gasteiger partial charge in [0.05, 0.1) is 5.69 Å². The highest BCUT2D eigenvalue weighted by Gasteiger charge is 2.01. The summed E-state index contributed by atoms with van der Waals surface area (Å²) in [5, 5.41) is 6.76. The minimum Gasteiger partial charge on any atom is -0.381 e. The molecule has 0 fully saturated rings. The van der Waals surface area contributed by atoms with Gasteiger partial charge in [-0.1, -0.05) is 25.4 Å². The molecule has 0 amide bonds. The molecule has 0 radical (unpaired) electrons. The molecule has 1 rings (SSSR count). The molecule has 15 heavy (non-hydrogen) atoms. The molecule has 0 spiro atoms. The second-order valence-electron chi connectivity index (χ2n) is 3.66. The normalized spacial score (nSPS) is 10.7. The van der Waals surface area contributed by atoms with Gasteiger partial charge in [0.1, 0.15) is 5.82 Å². The van der Waals surface area contributed by atoms with E-state index in [0.29, 0.717) is 23.3 Å². The monoisotopic (exact) mass is 230 g/mol. The molecule has 0 heterocycles. The van der Waals surface area contributed by atoms with Crippen LogP contribution in [-0.2, 0) is 0 Å². The summed E-state index contributed by atoms with van der Waals surface area (Å²) < 4.78 is 13.2. The lowest BCUT2D eigenvalue weighted by molar-refractivity contribution is 0.598. The van der Waals surface area contributed by atoms with E-state index in [1.807, 2.05) is 0 Å². The minimum atomic E-state index is -0.274. The summed E-state index contributed by atoms with van der Waals surface area (Å²) >= 11 is 5.76. The van der Waals surface area contributed by atoms with Gasteiger partial charge in [0.15, 0.2) is 0 Å². The predicted molar refractivity (Wildman–Crippen MR) is 63.0 cm³/mol. The van der Waals surface area contributed by atoms with E-state index in [1.54, 1.807) is 6.07 Å². The molecule has 2 N–H and O–H groups in total. The van der Waals surface area contributed by atoms with Crippen LogP contribution in [0.2, 0.25) is 5.02 Å². The summed E-state index contributed by atoms with van der Waals surface area (Å²) in [4.78, 5) is 0. The fraction of sp³-hybridized carbons (Fsp3) is 0.455. The van der Waals surface area contributed by atoms with Crippen LogP contribution in [-0.4, -0.2) is 19.1 Å². The Balaban J connectivity index is 2.40. The lowest BCUT2D eigenvalue weighted by Gasteiger charge is -2.10. The zero-order valence-corrected chi connectivity index (χ0v) is 9.74. The molecule has 0 bridgehead atoms. The third kappa shape index (κ3) is 4.49. The molecule has 0 saturated carbocycles. The smallest absolute Gasteiger partial charge is 0.146 e. The predicted octanol–water partition coefficient (Wildman–Crippen LogP) is 2.89. The summed E-state index contributed by atoms with van der Waals surface area (Å²) in [6, 6.07) is 4.93. The van der Waals surface area contributed by atoms with Crippen molar-refractivity contribution in [2.24, 2.45) is 0 Å². The van der Waals surface area contributed by atoms with Crippen molar-refractivity contribution in [1.82, 2.24) is 5.32 Å². The summed E-state index contributed by atoms with van der Waals surface area (Å²) in [6.45, 7) is 5.61. The first kappa shape index (κ1) is 12.3. The fourth-order valence-electron chi connectivity index (χ4n) is 1.19. The number of benzene rings is 1. The van der Waals surface area contributed by atoms with Crippen molar-refractivity contribution < 1.29 is 4.39 Å². The molecule has 0 saturated heterocycles. The first-order valence-electron chi connectivity index (χ1n) is 5.02. The van der Waals surface area contributed by atoms with Crippen LogP contribution >= 0.6 is 11.6 Å². The van der Waals surface area contributed by atoms with Gasteiger partial charge in [-0.2, -0.15) is 0 Å². The van der Waals surface area contributed by atoms with Crippen LogP contribution in [0.5, 0.6) is 0 Å². The van der Waals surface area contributed by atoms with E-state index in [2.05, 4.69) is 24.5 Å². The van der Waals surface area contributed by atoms with Gasteiger partial charge in [-0.25, -0.2) is 4.39 Å². The van der Waals surface area contributed by atoms with Crippen molar-refractivity contribution in [3.8, 4) is 0 Å². The first-order valence-corrected chi connectivity index (χ1v) is 5.39. The number of nitrogens with one attached hydrogen (secondary N) is 2. The van der Waals surface area contributed by atoms with Gasteiger partial charge in [-0.3, -0.25) is 0 Å². The van der Waals surface area contributed by atoms with Crippen LogP contribution in [0.25, 0.3) is 0 Å². The van der Waals surface area contributed by atoms with Crippen LogP contribution in [0.3, 0.4) is 0 Å². The van der Waals surface area contributed by atoms with Crippen molar-refractivity contribution in [3.63, 3.8) is 0 Å². The van der Waals surface area contributed by atoms with Crippen LogP contribution in [0.1, 0.15) is 13.8 Å². The molecular weight excluding hydrogens is 215 g/mol. The molecule has 0 unspecified atom stereocenters. The Morgan fingerprint density at radius 1 is 1.33 bits per heavy atom. The Morgan fingerprint density at radius 2 is 2.07 bits per heavy atom. The maximum Gasteiger partial charge on any atom is 0.146 e. The lowest BCUT2D eigenvalue weighted by atomic mass is 10.3. The van der Waals surface area contributed by atoms with Crippen LogP contribution in [0, 0.1) is 5.82 Å². The van der Waals surface area contributed by atoms with E-state index in [-0.39, 0.29) is 5.82 Å². The van der Waals surface area contributed by atoms with E-state index in [0.717, 1.165) is 6.54 Å². The number of rotatable bonds is 5. The lowest BCUT2D eigenvalue weighted by Crippen LogP contribution is -2.28. The quantitative estimate of drug-likeness (QED) is 0.761. The zero-order valence-electron chi connectivity index (χ0n) is 8.98. The second-order valence-corrected chi connectivity index (χ2v) is 4.10. The van der Waals surface area contributed by atoms with Gasteiger partial charge in [0.2, 0.25) is 0 Å². The molecule has 0 aliphatic heterocycles. The highest BCUT2D eigenvalue weighted by molar-refractivity contribution is 6.30. The van der Waals surface area contributed by atoms with E-state index in [4.69, 9.17) is 11.6 Å². The topological polar surface area (TPSA) is 24.1 Å². The summed E-state index contributed by atoms with van der Waals surface area (Å²) in [5.41, 5.74) is 0.452. The van der Waals surface area contributed by atoms with Gasteiger partial charge < -0.3 is 10.6 Å². The number of hydrogen-bond acceptors (Lipinski definition) is 2. The van der Waals surface area contributed by atoms with Crippen molar-refractivity contribution >= 4 is 17.3 Å². The van der Waals surface area contributed by atoms with E-state index < -0.39 is 0 Å². The maximum atomic E-state index is 13.2. The largest absolute Gasteiger partial charge is 0.381 e. The van der Waals surface area contributed by atoms with Crippen molar-refractivity contribution in [1.29, 1.82) is 0 Å². The van der Waals surface area contributed by atoms with Gasteiger partial charge in [-0.05, 0) is 18.2 Å². The Labute approximate surface area is 94.8 Å². The first-order chi connectivity index (χ1) is 7.09. The minimum absolute atomic E-state index is 0.274. The highest BCUT2D eigenvalue weighted by Crippen LogP contribution is 2.18. The molecule has 0 aliphatic rings. The third-order valence-electron chi connectivity index (χ3n) is 1.92. The SMILES string of the molecule is CC(C)NCCNc1cc(Cl)ccc1F. The molecule has 0 aliphatic carbocycles. The number of anilines is 1. The van der Waals surface area contributed by atoms with E-state index in [1.165, 1.54) is 12.1 Å². The molecule has 1 aromatic rings. The zero-order chi connectivity index (χ0) is 11.3. The van der Waals surface area contributed by atoms with Crippen LogP contribution < -0.4 is 10.6 Å². The molecule has 84 valence electrons. The second kappa shape index (κ2) is 5.93. The molecule has 1 aromatic carbocycles. The Kier molecular flexibility index (Phi) is 4.85. The molecule has 0 atom stereocenters. The van der Waals surface area contributed by atoms with E-state index >= 15 is 0 Å². The standard InChI is InChI=1S/C11H16ClFN2/c1-8(2)14-5-6-15-11-7-9(12)3-4-10(11)13/h3-4,7-8,14-15H,5-6H2,1-2H3. The third-order valence-corrected chi connectivity index (χ3v) is 2.16. The summed E-state index contributed by atoms with van der Waals surface area (Å²) in [7, 11) is 0. The maximum absolute atomic E-state index is 13.2. The van der Waals surface area contributed by atoms with Gasteiger partial charge in [0, 0.05) is 24.2 Å². The average Bonchev–Trinajstić information content (AvgIpc) is 2.17. The Bertz CT molecular complexity index is 315. The molecule has 0 aromatic heterocycles. The number of halogens is 2. The number of hydrogen-bond donors (Lipinski definition) is 2. The van der Waals surface area contributed by atoms with Crippen LogP contribution in [0.4, 0.5) is 10.1 Å². The highest BCUT2D eigenvalue weighted by atomic mass is 35.5. The summed E-state index contributed by atoms with van der Waals surface area (Å²) in [6.07, 6.45) is 0. The summed E-state index contributed by atoms with van der Waals surface area (Å²) in [5.74, 6) is -0.274. The van der Waals surface area contributed by atoms with E-state index in [9.17, 15) is 4.39 Å². The fourth-order valence-corrected chi connectivity index (χ4v) is 1.36. The van der Waals surface area contributed by atoms with Crippen LogP contribution in [0.15, 0.2) is 18.2 Å². The van der Waals surface area contributed by atoms with Gasteiger partial charge >= 0.3 is 0 Å². The average molecular weight is 231 g/mol. The van der Waals surface area contributed by atoms with Gasteiger partial charge in [-0.15, -0.1) is 0 Å². The Morgan fingerprint density at radius 3 is 2.73 bits per heavy atom. The van der Waals surface area contributed by atoms with Crippen molar-refractivity contribution in [2.75, 3.05) is 18.4 Å². The molecule has 2 nitrogen and oxygen atoms in total. The van der Waals surface area contributed by atoms with Gasteiger partial charge in [0.25, 0.3) is 0 Å².